The van der Waals surface area contributed by atoms with Crippen LogP contribution in [0.5, 0.6) is 0 Å². The molecule has 0 bridgehead atoms. The first-order chi connectivity index (χ1) is 9.69. The summed E-state index contributed by atoms with van der Waals surface area (Å²) in [5.41, 5.74) is -0.876. The monoisotopic (exact) mass is 312 g/mol. The smallest absolute Gasteiger partial charge is 0.329 e. The summed E-state index contributed by atoms with van der Waals surface area (Å²) in [5, 5.41) is 14.3. The fourth-order valence-corrected chi connectivity index (χ4v) is 1.79. The number of carbonyl (C=O) groups is 3. The van der Waals surface area contributed by atoms with E-state index in [4.69, 9.17) is 16.7 Å². The van der Waals surface area contributed by atoms with Gasteiger partial charge >= 0.3 is 5.97 Å². The average molecular weight is 313 g/mol. The standard InChI is InChI=1S/C14H17ClN2O4/c1-4-14(3,13(20)21)17-12(19)10-7-9(16-8(2)18)5-6-11(10)15/h5-7H,4H2,1-3H3,(H,16,18)(H,17,19)(H,20,21). The fourth-order valence-electron chi connectivity index (χ4n) is 1.59. The van der Waals surface area contributed by atoms with Gasteiger partial charge in [0.2, 0.25) is 5.91 Å². The van der Waals surface area contributed by atoms with E-state index in [-0.39, 0.29) is 22.9 Å². The highest BCUT2D eigenvalue weighted by molar-refractivity contribution is 6.34. The van der Waals surface area contributed by atoms with Crippen molar-refractivity contribution in [2.45, 2.75) is 32.7 Å². The Morgan fingerprint density at radius 3 is 2.43 bits per heavy atom. The lowest BCUT2D eigenvalue weighted by Gasteiger charge is -2.24. The van der Waals surface area contributed by atoms with Gasteiger partial charge in [0.25, 0.3) is 5.91 Å². The predicted octanol–water partition coefficient (Wildman–Crippen LogP) is 2.28. The SMILES string of the molecule is CCC(C)(NC(=O)c1cc(NC(C)=O)ccc1Cl)C(=O)O. The summed E-state index contributed by atoms with van der Waals surface area (Å²) < 4.78 is 0. The van der Waals surface area contributed by atoms with Gasteiger partial charge in [-0.1, -0.05) is 18.5 Å². The number of carboxylic acids is 1. The normalized spacial score (nSPS) is 13.1. The number of halogens is 1. The molecule has 1 atom stereocenters. The van der Waals surface area contributed by atoms with Crippen molar-refractivity contribution in [3.63, 3.8) is 0 Å². The summed E-state index contributed by atoms with van der Waals surface area (Å²) >= 11 is 5.96. The summed E-state index contributed by atoms with van der Waals surface area (Å²) in [4.78, 5) is 34.4. The van der Waals surface area contributed by atoms with E-state index in [0.29, 0.717) is 5.69 Å². The number of nitrogens with one attached hydrogen (secondary N) is 2. The van der Waals surface area contributed by atoms with Crippen LogP contribution in [0.1, 0.15) is 37.6 Å². The van der Waals surface area contributed by atoms with Crippen molar-refractivity contribution in [1.29, 1.82) is 0 Å². The number of hydrogen-bond donors (Lipinski definition) is 3. The van der Waals surface area contributed by atoms with E-state index in [1.54, 1.807) is 13.0 Å². The topological polar surface area (TPSA) is 95.5 Å². The van der Waals surface area contributed by atoms with Crippen LogP contribution in [0.3, 0.4) is 0 Å². The van der Waals surface area contributed by atoms with Gasteiger partial charge < -0.3 is 15.7 Å². The van der Waals surface area contributed by atoms with Crippen molar-refractivity contribution >= 4 is 35.1 Å². The van der Waals surface area contributed by atoms with Crippen molar-refractivity contribution in [2.24, 2.45) is 0 Å². The summed E-state index contributed by atoms with van der Waals surface area (Å²) in [6, 6.07) is 4.42. The van der Waals surface area contributed by atoms with Crippen molar-refractivity contribution in [3.8, 4) is 0 Å². The maximum atomic E-state index is 12.2. The third-order valence-electron chi connectivity index (χ3n) is 3.10. The molecule has 0 aliphatic heterocycles. The molecule has 7 heteroatoms. The maximum Gasteiger partial charge on any atom is 0.329 e. The van der Waals surface area contributed by atoms with Crippen LogP contribution < -0.4 is 10.6 Å². The van der Waals surface area contributed by atoms with E-state index in [0.717, 1.165) is 0 Å². The second-order valence-corrected chi connectivity index (χ2v) is 5.23. The number of hydrogen-bond acceptors (Lipinski definition) is 3. The molecular formula is C14H17ClN2O4. The molecule has 114 valence electrons. The molecule has 1 unspecified atom stereocenters. The Bertz CT molecular complexity index is 588. The number of anilines is 1. The molecule has 0 aliphatic rings. The zero-order valence-electron chi connectivity index (χ0n) is 12.0. The number of carbonyl (C=O) groups excluding carboxylic acids is 2. The van der Waals surface area contributed by atoms with Crippen molar-refractivity contribution < 1.29 is 19.5 Å². The molecule has 0 aliphatic carbocycles. The van der Waals surface area contributed by atoms with Gasteiger partial charge in [-0.3, -0.25) is 9.59 Å². The molecule has 1 aromatic carbocycles. The van der Waals surface area contributed by atoms with Gasteiger partial charge in [0.05, 0.1) is 10.6 Å². The molecule has 6 nitrogen and oxygen atoms in total. The Morgan fingerprint density at radius 2 is 1.95 bits per heavy atom. The molecule has 3 N–H and O–H groups in total. The molecule has 21 heavy (non-hydrogen) atoms. The Hall–Kier alpha value is -2.08. The number of rotatable bonds is 5. The lowest BCUT2D eigenvalue weighted by molar-refractivity contribution is -0.143. The third-order valence-corrected chi connectivity index (χ3v) is 3.43. The number of carboxylic acid groups (broad SMARTS) is 1. The zero-order valence-corrected chi connectivity index (χ0v) is 12.7. The molecule has 0 saturated carbocycles. The van der Waals surface area contributed by atoms with Crippen LogP contribution in [-0.2, 0) is 9.59 Å². The molecule has 0 spiro atoms. The maximum absolute atomic E-state index is 12.2. The van der Waals surface area contributed by atoms with E-state index in [1.807, 2.05) is 0 Å². The van der Waals surface area contributed by atoms with Gasteiger partial charge in [-0.15, -0.1) is 0 Å². The highest BCUT2D eigenvalue weighted by Gasteiger charge is 2.33. The highest BCUT2D eigenvalue weighted by atomic mass is 35.5. The quantitative estimate of drug-likeness (QED) is 0.777. The molecule has 0 radical (unpaired) electrons. The van der Waals surface area contributed by atoms with E-state index in [9.17, 15) is 14.4 Å². The Labute approximate surface area is 127 Å². The Kier molecular flexibility index (Phi) is 5.32. The van der Waals surface area contributed by atoms with Crippen molar-refractivity contribution in [1.82, 2.24) is 5.32 Å². The zero-order chi connectivity index (χ0) is 16.2. The predicted molar refractivity (Wildman–Crippen MR) is 79.6 cm³/mol. The Balaban J connectivity index is 3.06. The minimum Gasteiger partial charge on any atom is -0.480 e. The number of benzene rings is 1. The first-order valence-corrected chi connectivity index (χ1v) is 6.70. The highest BCUT2D eigenvalue weighted by Crippen LogP contribution is 2.22. The number of aliphatic carboxylic acids is 1. The molecule has 0 heterocycles. The lowest BCUT2D eigenvalue weighted by atomic mass is 9.98. The van der Waals surface area contributed by atoms with Crippen molar-refractivity contribution in [2.75, 3.05) is 5.32 Å². The van der Waals surface area contributed by atoms with Gasteiger partial charge in [-0.05, 0) is 31.5 Å². The molecule has 1 rings (SSSR count). The Morgan fingerprint density at radius 1 is 1.33 bits per heavy atom. The third kappa shape index (κ3) is 4.19. The van der Waals surface area contributed by atoms with Gasteiger partial charge in [-0.2, -0.15) is 0 Å². The number of amides is 2. The van der Waals surface area contributed by atoms with Gasteiger partial charge in [-0.25, -0.2) is 4.79 Å². The van der Waals surface area contributed by atoms with Crippen LogP contribution in [0.2, 0.25) is 5.02 Å². The summed E-state index contributed by atoms with van der Waals surface area (Å²) in [6.07, 6.45) is 0.219. The van der Waals surface area contributed by atoms with E-state index < -0.39 is 17.4 Å². The van der Waals surface area contributed by atoms with Crippen LogP contribution >= 0.6 is 11.6 Å². The van der Waals surface area contributed by atoms with Gasteiger partial charge in [0.15, 0.2) is 0 Å². The molecule has 1 aromatic rings. The summed E-state index contributed by atoms with van der Waals surface area (Å²) in [6.45, 7) is 4.41. The molecule has 2 amide bonds. The second kappa shape index (κ2) is 6.58. The largest absolute Gasteiger partial charge is 0.480 e. The van der Waals surface area contributed by atoms with Crippen LogP contribution in [0.25, 0.3) is 0 Å². The van der Waals surface area contributed by atoms with Crippen LogP contribution in [0, 0.1) is 0 Å². The average Bonchev–Trinajstić information content (AvgIpc) is 2.39. The van der Waals surface area contributed by atoms with Gasteiger partial charge in [0.1, 0.15) is 5.54 Å². The van der Waals surface area contributed by atoms with Gasteiger partial charge in [0, 0.05) is 12.6 Å². The first-order valence-electron chi connectivity index (χ1n) is 6.32. The van der Waals surface area contributed by atoms with E-state index in [2.05, 4.69) is 10.6 Å². The van der Waals surface area contributed by atoms with Crippen LogP contribution in [0.15, 0.2) is 18.2 Å². The summed E-state index contributed by atoms with van der Waals surface area (Å²) in [5.74, 6) is -2.03. The van der Waals surface area contributed by atoms with E-state index in [1.165, 1.54) is 26.0 Å². The first kappa shape index (κ1) is 17.0. The molecule has 0 fully saturated rings. The van der Waals surface area contributed by atoms with Crippen LogP contribution in [-0.4, -0.2) is 28.4 Å². The molecule has 0 saturated heterocycles. The molecular weight excluding hydrogens is 296 g/mol. The summed E-state index contributed by atoms with van der Waals surface area (Å²) in [7, 11) is 0. The van der Waals surface area contributed by atoms with E-state index >= 15 is 0 Å². The fraction of sp³-hybridized carbons (Fsp3) is 0.357. The minimum atomic E-state index is -1.38. The second-order valence-electron chi connectivity index (χ2n) is 4.82. The van der Waals surface area contributed by atoms with Crippen LogP contribution in [0.4, 0.5) is 5.69 Å². The van der Waals surface area contributed by atoms with Crippen molar-refractivity contribution in [3.05, 3.63) is 28.8 Å². The lowest BCUT2D eigenvalue weighted by Crippen LogP contribution is -2.51. The molecule has 0 aromatic heterocycles. The minimum absolute atomic E-state index is 0.101.